The van der Waals surface area contributed by atoms with Crippen molar-refractivity contribution in [2.75, 3.05) is 23.1 Å². The Morgan fingerprint density at radius 3 is 2.89 bits per heavy atom. The third kappa shape index (κ3) is 3.33. The van der Waals surface area contributed by atoms with E-state index in [4.69, 9.17) is 5.73 Å². The Morgan fingerprint density at radius 1 is 1.44 bits per heavy atom. The SMILES string of the molecule is CSCC(Nc1nc(C)nc(N)n1)c1cccs1. The molecule has 0 aromatic carbocycles. The number of nitrogens with one attached hydrogen (secondary N) is 1. The fourth-order valence-electron chi connectivity index (χ4n) is 1.57. The molecule has 2 aromatic rings. The number of hydrogen-bond acceptors (Lipinski definition) is 7. The van der Waals surface area contributed by atoms with Crippen LogP contribution in [0.3, 0.4) is 0 Å². The number of nitrogens with two attached hydrogens (primary N) is 1. The zero-order valence-electron chi connectivity index (χ0n) is 10.3. The molecule has 1 atom stereocenters. The third-order valence-corrected chi connectivity index (χ3v) is 3.94. The van der Waals surface area contributed by atoms with Gasteiger partial charge in [0.15, 0.2) is 0 Å². The molecular weight excluding hydrogens is 266 g/mol. The Morgan fingerprint density at radius 2 is 2.28 bits per heavy atom. The van der Waals surface area contributed by atoms with Gasteiger partial charge in [-0.2, -0.15) is 26.7 Å². The number of aryl methyl sites for hydroxylation is 1. The molecule has 0 radical (unpaired) electrons. The van der Waals surface area contributed by atoms with Crippen molar-refractivity contribution in [3.8, 4) is 0 Å². The summed E-state index contributed by atoms with van der Waals surface area (Å²) in [4.78, 5) is 13.6. The highest BCUT2D eigenvalue weighted by Gasteiger charge is 2.13. The van der Waals surface area contributed by atoms with E-state index in [-0.39, 0.29) is 12.0 Å². The molecule has 2 heterocycles. The molecule has 0 aliphatic rings. The number of nitrogen functional groups attached to an aromatic ring is 1. The maximum absolute atomic E-state index is 5.62. The quantitative estimate of drug-likeness (QED) is 0.876. The van der Waals surface area contributed by atoms with Crippen molar-refractivity contribution in [2.24, 2.45) is 0 Å². The van der Waals surface area contributed by atoms with E-state index in [1.54, 1.807) is 30.0 Å². The Hall–Kier alpha value is -1.34. The second-order valence-electron chi connectivity index (χ2n) is 3.73. The van der Waals surface area contributed by atoms with Gasteiger partial charge in [-0.3, -0.25) is 0 Å². The molecule has 0 spiro atoms. The van der Waals surface area contributed by atoms with Crippen LogP contribution in [0.15, 0.2) is 17.5 Å². The molecule has 5 nitrogen and oxygen atoms in total. The molecule has 96 valence electrons. The topological polar surface area (TPSA) is 76.7 Å². The van der Waals surface area contributed by atoms with Crippen LogP contribution >= 0.6 is 23.1 Å². The molecule has 0 saturated heterocycles. The standard InChI is InChI=1S/C11H15N5S2/c1-7-13-10(12)16-11(14-7)15-8(6-17-2)9-4-3-5-18-9/h3-5,8H,6H2,1-2H3,(H3,12,13,14,15,16). The van der Waals surface area contributed by atoms with E-state index < -0.39 is 0 Å². The molecule has 0 amide bonds. The van der Waals surface area contributed by atoms with Crippen molar-refractivity contribution >= 4 is 35.0 Å². The van der Waals surface area contributed by atoms with Gasteiger partial charge in [0.25, 0.3) is 0 Å². The molecule has 0 bridgehead atoms. The monoisotopic (exact) mass is 281 g/mol. The van der Waals surface area contributed by atoms with Crippen LogP contribution in [0.5, 0.6) is 0 Å². The summed E-state index contributed by atoms with van der Waals surface area (Å²) in [6, 6.07) is 4.35. The highest BCUT2D eigenvalue weighted by molar-refractivity contribution is 7.98. The van der Waals surface area contributed by atoms with Crippen molar-refractivity contribution in [3.05, 3.63) is 28.2 Å². The minimum absolute atomic E-state index is 0.196. The molecule has 2 aromatic heterocycles. The van der Waals surface area contributed by atoms with Crippen molar-refractivity contribution < 1.29 is 0 Å². The highest BCUT2D eigenvalue weighted by atomic mass is 32.2. The van der Waals surface area contributed by atoms with Crippen molar-refractivity contribution in [1.82, 2.24) is 15.0 Å². The summed E-state index contributed by atoms with van der Waals surface area (Å²) in [5, 5.41) is 5.38. The molecule has 7 heteroatoms. The summed E-state index contributed by atoms with van der Waals surface area (Å²) in [6.45, 7) is 1.80. The second-order valence-corrected chi connectivity index (χ2v) is 5.62. The van der Waals surface area contributed by atoms with Gasteiger partial charge in [-0.15, -0.1) is 11.3 Å². The van der Waals surface area contributed by atoms with E-state index in [9.17, 15) is 0 Å². The van der Waals surface area contributed by atoms with E-state index in [1.807, 2.05) is 6.07 Å². The fourth-order valence-corrected chi connectivity index (χ4v) is 3.05. The van der Waals surface area contributed by atoms with Crippen LogP contribution in [0.1, 0.15) is 16.7 Å². The Balaban J connectivity index is 2.18. The molecule has 18 heavy (non-hydrogen) atoms. The zero-order valence-corrected chi connectivity index (χ0v) is 11.9. The largest absolute Gasteiger partial charge is 0.368 e. The van der Waals surface area contributed by atoms with Crippen LogP contribution in [-0.4, -0.2) is 27.0 Å². The van der Waals surface area contributed by atoms with E-state index in [0.29, 0.717) is 11.8 Å². The van der Waals surface area contributed by atoms with Crippen molar-refractivity contribution in [1.29, 1.82) is 0 Å². The molecule has 2 rings (SSSR count). The maximum Gasteiger partial charge on any atom is 0.228 e. The summed E-state index contributed by atoms with van der Waals surface area (Å²) in [5.41, 5.74) is 5.62. The molecular formula is C11H15N5S2. The number of aromatic nitrogens is 3. The summed E-state index contributed by atoms with van der Waals surface area (Å²) < 4.78 is 0. The zero-order chi connectivity index (χ0) is 13.0. The predicted molar refractivity (Wildman–Crippen MR) is 78.0 cm³/mol. The average molecular weight is 281 g/mol. The maximum atomic E-state index is 5.62. The molecule has 0 aliphatic heterocycles. The number of rotatable bonds is 5. The van der Waals surface area contributed by atoms with Crippen LogP contribution in [0.2, 0.25) is 0 Å². The Kier molecular flexibility index (Phi) is 4.38. The first-order chi connectivity index (χ1) is 8.69. The van der Waals surface area contributed by atoms with Crippen molar-refractivity contribution in [3.63, 3.8) is 0 Å². The predicted octanol–water partition coefficient (Wildman–Crippen LogP) is 2.34. The van der Waals surface area contributed by atoms with E-state index >= 15 is 0 Å². The van der Waals surface area contributed by atoms with Crippen LogP contribution in [-0.2, 0) is 0 Å². The smallest absolute Gasteiger partial charge is 0.228 e. The minimum Gasteiger partial charge on any atom is -0.368 e. The number of thioether (sulfide) groups is 1. The van der Waals surface area contributed by atoms with Gasteiger partial charge >= 0.3 is 0 Å². The highest BCUT2D eigenvalue weighted by Crippen LogP contribution is 2.25. The van der Waals surface area contributed by atoms with Gasteiger partial charge in [0.1, 0.15) is 5.82 Å². The van der Waals surface area contributed by atoms with Gasteiger partial charge < -0.3 is 11.1 Å². The first-order valence-corrected chi connectivity index (χ1v) is 7.73. The lowest BCUT2D eigenvalue weighted by Gasteiger charge is -2.16. The van der Waals surface area contributed by atoms with E-state index in [2.05, 4.69) is 38.0 Å². The molecule has 3 N–H and O–H groups in total. The molecule has 0 aliphatic carbocycles. The van der Waals surface area contributed by atoms with Crippen LogP contribution in [0.4, 0.5) is 11.9 Å². The van der Waals surface area contributed by atoms with Crippen LogP contribution in [0.25, 0.3) is 0 Å². The number of nitrogens with zero attached hydrogens (tertiary/aromatic N) is 3. The summed E-state index contributed by atoms with van der Waals surface area (Å²) in [6.07, 6.45) is 2.08. The lowest BCUT2D eigenvalue weighted by Crippen LogP contribution is -2.15. The second kappa shape index (κ2) is 6.01. The normalized spacial score (nSPS) is 12.3. The molecule has 0 fully saturated rings. The summed E-state index contributed by atoms with van der Waals surface area (Å²) in [7, 11) is 0. The summed E-state index contributed by atoms with van der Waals surface area (Å²) in [5.74, 6) is 2.36. The van der Waals surface area contributed by atoms with Gasteiger partial charge in [0.05, 0.1) is 6.04 Å². The van der Waals surface area contributed by atoms with Gasteiger partial charge in [-0.05, 0) is 24.6 Å². The van der Waals surface area contributed by atoms with Gasteiger partial charge in [-0.1, -0.05) is 6.07 Å². The average Bonchev–Trinajstić information content (AvgIpc) is 2.80. The minimum atomic E-state index is 0.196. The Labute approximate surface area is 114 Å². The first-order valence-electron chi connectivity index (χ1n) is 5.46. The van der Waals surface area contributed by atoms with E-state index in [1.165, 1.54) is 4.88 Å². The van der Waals surface area contributed by atoms with Crippen LogP contribution in [0, 0.1) is 6.92 Å². The van der Waals surface area contributed by atoms with Crippen LogP contribution < -0.4 is 11.1 Å². The number of thiophene rings is 1. The van der Waals surface area contributed by atoms with Gasteiger partial charge in [0.2, 0.25) is 11.9 Å². The Bertz CT molecular complexity index is 480. The summed E-state index contributed by atoms with van der Waals surface area (Å²) >= 11 is 3.50. The fraction of sp³-hybridized carbons (Fsp3) is 0.364. The van der Waals surface area contributed by atoms with Gasteiger partial charge in [-0.25, -0.2) is 0 Å². The lowest BCUT2D eigenvalue weighted by atomic mass is 10.3. The first kappa shape index (κ1) is 13.1. The lowest BCUT2D eigenvalue weighted by molar-refractivity contribution is 0.875. The third-order valence-electron chi connectivity index (χ3n) is 2.29. The number of anilines is 2. The molecule has 1 unspecified atom stereocenters. The molecule has 0 saturated carbocycles. The van der Waals surface area contributed by atoms with Crippen molar-refractivity contribution in [2.45, 2.75) is 13.0 Å². The number of hydrogen-bond donors (Lipinski definition) is 2. The van der Waals surface area contributed by atoms with Gasteiger partial charge in [0, 0.05) is 10.6 Å². The van der Waals surface area contributed by atoms with E-state index in [0.717, 1.165) is 5.75 Å².